The highest BCUT2D eigenvalue weighted by Gasteiger charge is 2.12. The molecule has 2 aromatic rings. The van der Waals surface area contributed by atoms with E-state index in [1.54, 1.807) is 13.0 Å². The molecular formula is C19H27N5O. The predicted molar refractivity (Wildman–Crippen MR) is 103 cm³/mol. The highest BCUT2D eigenvalue weighted by atomic mass is 16.1. The monoisotopic (exact) mass is 341 g/mol. The first-order valence-electron chi connectivity index (χ1n) is 8.71. The van der Waals surface area contributed by atoms with Crippen LogP contribution in [0.4, 0.5) is 17.2 Å². The van der Waals surface area contributed by atoms with E-state index in [2.05, 4.69) is 39.3 Å². The summed E-state index contributed by atoms with van der Waals surface area (Å²) in [6, 6.07) is 9.75. The molecule has 1 aromatic heterocycles. The van der Waals surface area contributed by atoms with E-state index in [9.17, 15) is 4.79 Å². The summed E-state index contributed by atoms with van der Waals surface area (Å²) in [6.45, 7) is 12.0. The quantitative estimate of drug-likeness (QED) is 0.803. The van der Waals surface area contributed by atoms with Gasteiger partial charge < -0.3 is 15.5 Å². The van der Waals surface area contributed by atoms with Crippen molar-refractivity contribution in [1.82, 2.24) is 9.97 Å². The molecule has 0 saturated heterocycles. The molecule has 6 heteroatoms. The Morgan fingerprint density at radius 3 is 2.32 bits per heavy atom. The van der Waals surface area contributed by atoms with Crippen molar-refractivity contribution in [3.63, 3.8) is 0 Å². The van der Waals surface area contributed by atoms with Crippen LogP contribution in [0.3, 0.4) is 0 Å². The van der Waals surface area contributed by atoms with Crippen molar-refractivity contribution in [2.45, 2.75) is 40.7 Å². The number of hydrogen-bond acceptors (Lipinski definition) is 5. The van der Waals surface area contributed by atoms with E-state index < -0.39 is 0 Å². The fourth-order valence-electron chi connectivity index (χ4n) is 2.59. The number of amides is 1. The number of nitrogens with one attached hydrogen (secondary N) is 2. The van der Waals surface area contributed by atoms with Crippen LogP contribution in [0.15, 0.2) is 30.3 Å². The molecule has 2 N–H and O–H groups in total. The summed E-state index contributed by atoms with van der Waals surface area (Å²) in [5, 5.41) is 6.09. The van der Waals surface area contributed by atoms with Crippen LogP contribution >= 0.6 is 0 Å². The van der Waals surface area contributed by atoms with Crippen LogP contribution in [0.1, 0.15) is 44.0 Å². The molecule has 1 heterocycles. The van der Waals surface area contributed by atoms with E-state index >= 15 is 0 Å². The average molecular weight is 341 g/mol. The zero-order valence-electron chi connectivity index (χ0n) is 15.6. The number of carbonyl (C=O) groups is 1. The summed E-state index contributed by atoms with van der Waals surface area (Å²) in [6.07, 6.45) is 0. The number of aromatic nitrogens is 2. The maximum Gasteiger partial charge on any atom is 0.274 e. The van der Waals surface area contributed by atoms with Crippen molar-refractivity contribution < 1.29 is 4.79 Å². The van der Waals surface area contributed by atoms with Gasteiger partial charge in [-0.3, -0.25) is 4.79 Å². The molecule has 134 valence electrons. The molecule has 0 radical (unpaired) electrons. The second-order valence-corrected chi connectivity index (χ2v) is 6.16. The third-order valence-corrected chi connectivity index (χ3v) is 3.76. The number of rotatable bonds is 7. The minimum Gasteiger partial charge on any atom is -0.372 e. The van der Waals surface area contributed by atoms with Gasteiger partial charge in [-0.15, -0.1) is 0 Å². The Hall–Kier alpha value is -2.63. The van der Waals surface area contributed by atoms with E-state index in [1.165, 1.54) is 0 Å². The van der Waals surface area contributed by atoms with E-state index in [0.717, 1.165) is 24.5 Å². The summed E-state index contributed by atoms with van der Waals surface area (Å²) >= 11 is 0. The summed E-state index contributed by atoms with van der Waals surface area (Å²) < 4.78 is 0. The fourth-order valence-corrected chi connectivity index (χ4v) is 2.59. The first-order chi connectivity index (χ1) is 11.9. The zero-order valence-corrected chi connectivity index (χ0v) is 15.6. The number of nitrogens with zero attached hydrogens (tertiary/aromatic N) is 3. The van der Waals surface area contributed by atoms with Crippen LogP contribution < -0.4 is 15.5 Å². The lowest BCUT2D eigenvalue weighted by molar-refractivity contribution is 0.102. The molecule has 1 aromatic carbocycles. The second-order valence-electron chi connectivity index (χ2n) is 6.16. The molecule has 25 heavy (non-hydrogen) atoms. The maximum atomic E-state index is 12.5. The summed E-state index contributed by atoms with van der Waals surface area (Å²) in [4.78, 5) is 23.3. The van der Waals surface area contributed by atoms with Crippen LogP contribution in [-0.2, 0) is 0 Å². The molecule has 0 aliphatic rings. The summed E-state index contributed by atoms with van der Waals surface area (Å²) in [5.41, 5.74) is 2.24. The van der Waals surface area contributed by atoms with Gasteiger partial charge in [0.25, 0.3) is 5.91 Å². The van der Waals surface area contributed by atoms with Crippen molar-refractivity contribution in [2.75, 3.05) is 28.6 Å². The molecule has 0 saturated carbocycles. The van der Waals surface area contributed by atoms with Crippen LogP contribution in [0.25, 0.3) is 0 Å². The molecule has 0 spiro atoms. The van der Waals surface area contributed by atoms with Gasteiger partial charge in [-0.05, 0) is 58.9 Å². The van der Waals surface area contributed by atoms with Gasteiger partial charge in [0.2, 0.25) is 0 Å². The largest absolute Gasteiger partial charge is 0.372 e. The van der Waals surface area contributed by atoms with E-state index in [-0.39, 0.29) is 11.9 Å². The fraction of sp³-hybridized carbons (Fsp3) is 0.421. The molecular weight excluding hydrogens is 314 g/mol. The highest BCUT2D eigenvalue weighted by molar-refractivity contribution is 6.03. The van der Waals surface area contributed by atoms with E-state index in [1.807, 2.05) is 38.1 Å². The van der Waals surface area contributed by atoms with Crippen LogP contribution in [0.5, 0.6) is 0 Å². The van der Waals surface area contributed by atoms with Gasteiger partial charge in [-0.2, -0.15) is 0 Å². The van der Waals surface area contributed by atoms with Gasteiger partial charge in [0.15, 0.2) is 0 Å². The smallest absolute Gasteiger partial charge is 0.274 e. The minimum absolute atomic E-state index is 0.234. The first-order valence-corrected chi connectivity index (χ1v) is 8.71. The first kappa shape index (κ1) is 18.7. The topological polar surface area (TPSA) is 70.2 Å². The maximum absolute atomic E-state index is 12.5. The highest BCUT2D eigenvalue weighted by Crippen LogP contribution is 2.18. The Morgan fingerprint density at radius 1 is 1.12 bits per heavy atom. The van der Waals surface area contributed by atoms with E-state index in [4.69, 9.17) is 0 Å². The number of anilines is 3. The number of benzene rings is 1. The molecule has 6 nitrogen and oxygen atoms in total. The third kappa shape index (κ3) is 5.17. The van der Waals surface area contributed by atoms with Gasteiger partial charge >= 0.3 is 0 Å². The lowest BCUT2D eigenvalue weighted by Gasteiger charge is -2.21. The van der Waals surface area contributed by atoms with Gasteiger partial charge in [-0.1, -0.05) is 0 Å². The van der Waals surface area contributed by atoms with Gasteiger partial charge in [-0.25, -0.2) is 9.97 Å². The van der Waals surface area contributed by atoms with Crippen molar-refractivity contribution in [3.8, 4) is 0 Å². The number of aryl methyl sites for hydroxylation is 1. The molecule has 0 aliphatic heterocycles. The van der Waals surface area contributed by atoms with Crippen LogP contribution in [-0.4, -0.2) is 35.0 Å². The van der Waals surface area contributed by atoms with Crippen LogP contribution in [0, 0.1) is 6.92 Å². The normalized spacial score (nSPS) is 10.6. The molecule has 1 amide bonds. The summed E-state index contributed by atoms with van der Waals surface area (Å²) in [7, 11) is 0. The Kier molecular flexibility index (Phi) is 6.33. The average Bonchev–Trinajstić information content (AvgIpc) is 2.56. The van der Waals surface area contributed by atoms with Crippen molar-refractivity contribution in [3.05, 3.63) is 41.9 Å². The second kappa shape index (κ2) is 8.46. The lowest BCUT2D eigenvalue weighted by Crippen LogP contribution is -2.21. The Labute approximate surface area is 149 Å². The van der Waals surface area contributed by atoms with Crippen LogP contribution in [0.2, 0.25) is 0 Å². The van der Waals surface area contributed by atoms with Gasteiger partial charge in [0, 0.05) is 36.6 Å². The Balaban J connectivity index is 2.12. The molecule has 0 aliphatic carbocycles. The SMILES string of the molecule is CCN(CC)c1ccc(NC(=O)c2cc(NC(C)C)nc(C)n2)cc1. The van der Waals surface area contributed by atoms with E-state index in [0.29, 0.717) is 17.3 Å². The van der Waals surface area contributed by atoms with Crippen molar-refractivity contribution >= 4 is 23.1 Å². The zero-order chi connectivity index (χ0) is 18.4. The molecule has 0 bridgehead atoms. The van der Waals surface area contributed by atoms with Crippen molar-refractivity contribution in [2.24, 2.45) is 0 Å². The summed E-state index contributed by atoms with van der Waals surface area (Å²) in [5.74, 6) is 0.977. The Morgan fingerprint density at radius 2 is 1.76 bits per heavy atom. The molecule has 0 fully saturated rings. The molecule has 0 atom stereocenters. The van der Waals surface area contributed by atoms with Gasteiger partial charge in [0.05, 0.1) is 0 Å². The Bertz CT molecular complexity index is 708. The number of hydrogen-bond donors (Lipinski definition) is 2. The van der Waals surface area contributed by atoms with Crippen molar-refractivity contribution in [1.29, 1.82) is 0 Å². The minimum atomic E-state index is -0.243. The van der Waals surface area contributed by atoms with Gasteiger partial charge in [0.1, 0.15) is 17.3 Å². The number of carbonyl (C=O) groups excluding carboxylic acids is 1. The lowest BCUT2D eigenvalue weighted by atomic mass is 10.2. The molecule has 0 unspecified atom stereocenters. The standard InChI is InChI=1S/C19H27N5O/c1-6-24(7-2)16-10-8-15(9-11-16)23-19(25)17-12-18(20-13(3)4)22-14(5)21-17/h8-13H,6-7H2,1-5H3,(H,23,25)(H,20,21,22). The predicted octanol–water partition coefficient (Wildman–Crippen LogP) is 3.70. The molecule has 2 rings (SSSR count). The third-order valence-electron chi connectivity index (χ3n) is 3.76.